The first-order valence-corrected chi connectivity index (χ1v) is 4.35. The van der Waals surface area contributed by atoms with Crippen molar-refractivity contribution in [1.82, 2.24) is 0 Å². The van der Waals surface area contributed by atoms with E-state index in [4.69, 9.17) is 11.6 Å². The van der Waals surface area contributed by atoms with E-state index in [1.54, 1.807) is 0 Å². The average Bonchev–Trinajstić information content (AvgIpc) is 1.77. The van der Waals surface area contributed by atoms with Gasteiger partial charge in [-0.05, 0) is 0 Å². The third-order valence-corrected chi connectivity index (χ3v) is 2.24. The van der Waals surface area contributed by atoms with Crippen LogP contribution in [0.2, 0.25) is 5.02 Å². The fourth-order valence-electron chi connectivity index (χ4n) is 0.441. The first kappa shape index (κ1) is 6.51. The van der Waals surface area contributed by atoms with Crippen molar-refractivity contribution in [3.8, 4) is 0 Å². The molecule has 0 atom stereocenters. The fraction of sp³-hybridized carbons (Fsp3) is 0. The molecule has 2 heteroatoms. The molecule has 0 spiro atoms. The predicted octanol–water partition coefficient (Wildman–Crippen LogP) is 1.13. The molecule has 0 heterocycles. The molecule has 0 aromatic heterocycles. The standard InChI is InChI=1S/C6H4Cl.Bi/c7-6-4-2-1-3-5-6;/h2-5H;/q;+2. The molecular formula is C6H4BiCl+2. The van der Waals surface area contributed by atoms with Crippen LogP contribution >= 0.6 is 11.6 Å². The summed E-state index contributed by atoms with van der Waals surface area (Å²) in [5, 5.41) is 0.819. The van der Waals surface area contributed by atoms with Crippen LogP contribution in [0.4, 0.5) is 0 Å². The van der Waals surface area contributed by atoms with Crippen molar-refractivity contribution in [2.45, 2.75) is 0 Å². The Hall–Kier alpha value is 0.393. The summed E-state index contributed by atoms with van der Waals surface area (Å²) in [5.74, 6) is 0. The normalized spacial score (nSPS) is 9.12. The SMILES string of the molecule is Clc1cc[c]([Bi+2])cc1. The molecule has 0 saturated carbocycles. The van der Waals surface area contributed by atoms with Crippen LogP contribution in [-0.4, -0.2) is 24.7 Å². The van der Waals surface area contributed by atoms with E-state index in [-0.39, 0.29) is 0 Å². The third-order valence-electron chi connectivity index (χ3n) is 0.827. The second-order valence-electron chi connectivity index (χ2n) is 1.48. The minimum absolute atomic E-state index is 0.819. The number of rotatable bonds is 0. The number of benzene rings is 1. The molecule has 0 aliphatic rings. The summed E-state index contributed by atoms with van der Waals surface area (Å²) in [7, 11) is 0. The van der Waals surface area contributed by atoms with Gasteiger partial charge in [0.2, 0.25) is 0 Å². The van der Waals surface area contributed by atoms with E-state index >= 15 is 0 Å². The molecule has 0 amide bonds. The Morgan fingerprint density at radius 1 is 1.12 bits per heavy atom. The Balaban J connectivity index is 3.03. The van der Waals surface area contributed by atoms with Crippen LogP contribution in [0.3, 0.4) is 0 Å². The van der Waals surface area contributed by atoms with Crippen LogP contribution in [0.1, 0.15) is 0 Å². The molecule has 0 aliphatic heterocycles. The zero-order valence-corrected chi connectivity index (χ0v) is 8.37. The minimum atomic E-state index is 0.819. The van der Waals surface area contributed by atoms with Gasteiger partial charge in [-0.1, -0.05) is 0 Å². The van der Waals surface area contributed by atoms with Crippen molar-refractivity contribution in [2.24, 2.45) is 0 Å². The van der Waals surface area contributed by atoms with E-state index < -0.39 is 0 Å². The Bertz CT molecular complexity index is 147. The molecule has 0 fully saturated rings. The molecule has 0 N–H and O–H groups in total. The zero-order valence-electron chi connectivity index (χ0n) is 4.13. The second kappa shape index (κ2) is 2.80. The Labute approximate surface area is 68.7 Å². The molecule has 1 aromatic carbocycles. The van der Waals surface area contributed by atoms with Gasteiger partial charge in [0.25, 0.3) is 0 Å². The Kier molecular flexibility index (Phi) is 2.28. The molecule has 0 aliphatic carbocycles. The van der Waals surface area contributed by atoms with E-state index in [1.807, 2.05) is 24.3 Å². The molecule has 0 saturated heterocycles. The Morgan fingerprint density at radius 3 is 2.00 bits per heavy atom. The van der Waals surface area contributed by atoms with Crippen molar-refractivity contribution >= 4 is 39.6 Å². The maximum absolute atomic E-state index is 5.62. The first-order chi connectivity index (χ1) is 3.79. The van der Waals surface area contributed by atoms with E-state index in [1.165, 1.54) is 28.0 Å². The molecule has 1 rings (SSSR count). The van der Waals surface area contributed by atoms with Crippen molar-refractivity contribution in [3.05, 3.63) is 29.3 Å². The van der Waals surface area contributed by atoms with Gasteiger partial charge in [-0.15, -0.1) is 0 Å². The first-order valence-electron chi connectivity index (χ1n) is 2.23. The quantitative estimate of drug-likeness (QED) is 0.629. The van der Waals surface area contributed by atoms with Gasteiger partial charge in [0.1, 0.15) is 0 Å². The van der Waals surface area contributed by atoms with E-state index in [0.29, 0.717) is 0 Å². The molecule has 38 valence electrons. The maximum atomic E-state index is 5.62. The van der Waals surface area contributed by atoms with Gasteiger partial charge >= 0.3 is 68.9 Å². The van der Waals surface area contributed by atoms with E-state index in [9.17, 15) is 0 Å². The summed E-state index contributed by atoms with van der Waals surface area (Å²) in [6.07, 6.45) is 0. The third kappa shape index (κ3) is 1.72. The molecule has 0 nitrogen and oxygen atoms in total. The molecule has 1 aromatic rings. The van der Waals surface area contributed by atoms with Crippen molar-refractivity contribution in [1.29, 1.82) is 0 Å². The summed E-state index contributed by atoms with van der Waals surface area (Å²) in [6.45, 7) is 0. The van der Waals surface area contributed by atoms with Gasteiger partial charge in [0, 0.05) is 0 Å². The summed E-state index contributed by atoms with van der Waals surface area (Å²) in [5.41, 5.74) is 0. The fourth-order valence-corrected chi connectivity index (χ4v) is 1.15. The van der Waals surface area contributed by atoms with Crippen molar-refractivity contribution in [3.63, 3.8) is 0 Å². The average molecular weight is 321 g/mol. The van der Waals surface area contributed by atoms with Gasteiger partial charge in [0.15, 0.2) is 0 Å². The summed E-state index contributed by atoms with van der Waals surface area (Å²) >= 11 is 6.92. The van der Waals surface area contributed by atoms with E-state index in [0.717, 1.165) is 5.02 Å². The van der Waals surface area contributed by atoms with Gasteiger partial charge < -0.3 is 0 Å². The topological polar surface area (TPSA) is 0 Å². The predicted molar refractivity (Wildman–Crippen MR) is 36.8 cm³/mol. The number of hydrogen-bond donors (Lipinski definition) is 0. The summed E-state index contributed by atoms with van der Waals surface area (Å²) in [4.78, 5) is 0. The van der Waals surface area contributed by atoms with Crippen LogP contribution in [0.5, 0.6) is 0 Å². The number of hydrogen-bond acceptors (Lipinski definition) is 0. The van der Waals surface area contributed by atoms with Crippen LogP contribution in [0.25, 0.3) is 0 Å². The van der Waals surface area contributed by atoms with Crippen molar-refractivity contribution < 1.29 is 0 Å². The zero-order chi connectivity index (χ0) is 5.98. The van der Waals surface area contributed by atoms with Crippen LogP contribution < -0.4 is 3.27 Å². The summed E-state index contributed by atoms with van der Waals surface area (Å²) < 4.78 is 1.36. The van der Waals surface area contributed by atoms with Crippen LogP contribution in [0.15, 0.2) is 24.3 Å². The van der Waals surface area contributed by atoms with Crippen LogP contribution in [0, 0.1) is 0 Å². The second-order valence-corrected chi connectivity index (χ2v) is 3.92. The van der Waals surface area contributed by atoms with Gasteiger partial charge in [-0.25, -0.2) is 0 Å². The molecular weight excluding hydrogens is 316 g/mol. The monoisotopic (exact) mass is 320 g/mol. The van der Waals surface area contributed by atoms with Crippen molar-refractivity contribution in [2.75, 3.05) is 0 Å². The number of halogens is 1. The summed E-state index contributed by atoms with van der Waals surface area (Å²) in [6, 6.07) is 7.90. The van der Waals surface area contributed by atoms with Gasteiger partial charge in [-0.2, -0.15) is 0 Å². The Morgan fingerprint density at radius 2 is 1.62 bits per heavy atom. The van der Waals surface area contributed by atoms with Crippen LogP contribution in [-0.2, 0) is 0 Å². The molecule has 8 heavy (non-hydrogen) atoms. The van der Waals surface area contributed by atoms with Gasteiger partial charge in [-0.3, -0.25) is 0 Å². The van der Waals surface area contributed by atoms with Gasteiger partial charge in [0.05, 0.1) is 0 Å². The molecule has 2 radical (unpaired) electrons. The molecule has 0 unspecified atom stereocenters. The van der Waals surface area contributed by atoms with E-state index in [2.05, 4.69) is 0 Å². The molecule has 0 bridgehead atoms.